The van der Waals surface area contributed by atoms with E-state index in [1.54, 1.807) is 12.2 Å². The quantitative estimate of drug-likeness (QED) is 0.0169. The number of phosphoric acid groups is 2. The van der Waals surface area contributed by atoms with Crippen molar-refractivity contribution in [3.05, 3.63) is 158 Å². The minimum absolute atomic E-state index is 0.0816. The highest BCUT2D eigenvalue weighted by molar-refractivity contribution is 7.47. The van der Waals surface area contributed by atoms with Crippen molar-refractivity contribution in [2.45, 2.75) is 303 Å². The van der Waals surface area contributed by atoms with Crippen LogP contribution < -0.4 is 0 Å². The van der Waals surface area contributed by atoms with E-state index in [9.17, 15) is 43.2 Å². The van der Waals surface area contributed by atoms with Crippen LogP contribution in [0.5, 0.6) is 0 Å². The molecule has 0 aliphatic carbocycles. The maximum Gasteiger partial charge on any atom is 0.472 e. The van der Waals surface area contributed by atoms with Crippen molar-refractivity contribution < 1.29 is 80.2 Å². The first-order valence-corrected chi connectivity index (χ1v) is 41.7. The van der Waals surface area contributed by atoms with Gasteiger partial charge in [0.2, 0.25) is 0 Å². The van der Waals surface area contributed by atoms with E-state index in [2.05, 4.69) is 161 Å². The van der Waals surface area contributed by atoms with Gasteiger partial charge in [0.05, 0.1) is 32.8 Å². The summed E-state index contributed by atoms with van der Waals surface area (Å²) in [7, 11) is -10.0. The Morgan fingerprint density at radius 2 is 0.549 bits per heavy atom. The largest absolute Gasteiger partial charge is 0.472 e. The molecule has 5 unspecified atom stereocenters. The van der Waals surface area contributed by atoms with Gasteiger partial charge in [0.25, 0.3) is 0 Å². The Bertz CT molecular complexity index is 2550. The highest BCUT2D eigenvalue weighted by Crippen LogP contribution is 2.45. The molecule has 0 aromatic rings. The summed E-state index contributed by atoms with van der Waals surface area (Å²) >= 11 is 0. The SMILES string of the molecule is CC/C=C\C/C=C\C/C=C\C/C=C\C/C=C\CC(=O)OC(COC(=O)CCCCCC/C=C\C/C=C\C/C=C\C/C=C\CC)COP(=O)(O)OCC(O)COP(=O)(O)OCC(COC(=O)CCCC/C=C\C/C=C\C/C=C\C/C=C\CC)OC(=O)CCCCCCCCCCCCCCCCC. The zero-order chi connectivity index (χ0) is 74.6. The van der Waals surface area contributed by atoms with Crippen LogP contribution in [-0.4, -0.2) is 96.7 Å². The summed E-state index contributed by atoms with van der Waals surface area (Å²) in [6, 6.07) is 0. The summed E-state index contributed by atoms with van der Waals surface area (Å²) < 4.78 is 68.3. The van der Waals surface area contributed by atoms with Gasteiger partial charge in [-0.3, -0.25) is 37.3 Å². The van der Waals surface area contributed by atoms with Crippen molar-refractivity contribution in [2.75, 3.05) is 39.6 Å². The molecule has 0 spiro atoms. The third-order valence-corrected chi connectivity index (χ3v) is 17.4. The van der Waals surface area contributed by atoms with Gasteiger partial charge in [-0.1, -0.05) is 288 Å². The molecule has 0 radical (unpaired) electrons. The molecular formula is C83H136O17P2. The van der Waals surface area contributed by atoms with Crippen LogP contribution in [-0.2, 0) is 65.4 Å². The van der Waals surface area contributed by atoms with Crippen LogP contribution in [0.3, 0.4) is 0 Å². The first-order valence-electron chi connectivity index (χ1n) is 38.7. The number of esters is 4. The molecule has 0 aliphatic heterocycles. The third kappa shape index (κ3) is 73.0. The van der Waals surface area contributed by atoms with Crippen LogP contribution in [0.2, 0.25) is 0 Å². The average molecular weight is 1470 g/mol. The molecule has 5 atom stereocenters. The van der Waals surface area contributed by atoms with Crippen molar-refractivity contribution in [2.24, 2.45) is 0 Å². The van der Waals surface area contributed by atoms with Crippen molar-refractivity contribution in [3.63, 3.8) is 0 Å². The highest BCUT2D eigenvalue weighted by Gasteiger charge is 2.30. The monoisotopic (exact) mass is 1470 g/mol. The molecule has 0 amide bonds. The summed E-state index contributed by atoms with van der Waals surface area (Å²) in [5.41, 5.74) is 0. The zero-order valence-electron chi connectivity index (χ0n) is 63.2. The first-order chi connectivity index (χ1) is 49.7. The van der Waals surface area contributed by atoms with Gasteiger partial charge >= 0.3 is 39.5 Å². The van der Waals surface area contributed by atoms with Gasteiger partial charge in [-0.15, -0.1) is 0 Å². The molecule has 0 saturated heterocycles. The number of carbonyl (C=O) groups excluding carboxylic acids is 4. The molecule has 19 heteroatoms. The number of allylic oxidation sites excluding steroid dienone is 25. The van der Waals surface area contributed by atoms with E-state index in [0.29, 0.717) is 25.7 Å². The number of carbonyl (C=O) groups is 4. The van der Waals surface area contributed by atoms with Crippen LogP contribution in [0.15, 0.2) is 158 Å². The van der Waals surface area contributed by atoms with E-state index < -0.39 is 97.5 Å². The summed E-state index contributed by atoms with van der Waals surface area (Å²) in [4.78, 5) is 72.9. The fraction of sp³-hybridized carbons (Fsp3) is 0.639. The molecule has 0 saturated carbocycles. The summed E-state index contributed by atoms with van der Waals surface area (Å²) in [6.45, 7) is 4.33. The Hall–Kier alpha value is -5.32. The third-order valence-electron chi connectivity index (χ3n) is 15.5. The second kappa shape index (κ2) is 74.0. The van der Waals surface area contributed by atoms with Crippen LogP contribution >= 0.6 is 15.6 Å². The predicted octanol–water partition coefficient (Wildman–Crippen LogP) is 22.4. The van der Waals surface area contributed by atoms with E-state index in [0.717, 1.165) is 141 Å². The molecule has 580 valence electrons. The normalized spacial score (nSPS) is 14.8. The number of aliphatic hydroxyl groups is 1. The van der Waals surface area contributed by atoms with Gasteiger partial charge in [0.1, 0.15) is 19.3 Å². The van der Waals surface area contributed by atoms with Gasteiger partial charge in [-0.05, 0) is 128 Å². The molecule has 0 aliphatic rings. The van der Waals surface area contributed by atoms with E-state index in [1.165, 1.54) is 64.2 Å². The minimum atomic E-state index is -5.01. The lowest BCUT2D eigenvalue weighted by Crippen LogP contribution is -2.30. The van der Waals surface area contributed by atoms with Crippen LogP contribution in [0.25, 0.3) is 0 Å². The lowest BCUT2D eigenvalue weighted by Gasteiger charge is -2.21. The Kier molecular flexibility index (Phi) is 70.1. The maximum atomic E-state index is 13.1. The number of hydrogen-bond donors (Lipinski definition) is 3. The fourth-order valence-electron chi connectivity index (χ4n) is 9.75. The summed E-state index contributed by atoms with van der Waals surface area (Å²) in [6.07, 6.45) is 85.5. The van der Waals surface area contributed by atoms with Gasteiger partial charge in [-0.25, -0.2) is 9.13 Å². The molecule has 17 nitrogen and oxygen atoms in total. The second-order valence-corrected chi connectivity index (χ2v) is 28.1. The molecule has 0 fully saturated rings. The molecule has 0 bridgehead atoms. The van der Waals surface area contributed by atoms with E-state index >= 15 is 0 Å². The van der Waals surface area contributed by atoms with Crippen LogP contribution in [0, 0.1) is 0 Å². The Morgan fingerprint density at radius 1 is 0.294 bits per heavy atom. The first kappa shape index (κ1) is 96.7. The van der Waals surface area contributed by atoms with Gasteiger partial charge < -0.3 is 33.8 Å². The molecule has 0 heterocycles. The smallest absolute Gasteiger partial charge is 0.462 e. The Balaban J connectivity index is 5.48. The number of phosphoric ester groups is 2. The van der Waals surface area contributed by atoms with Gasteiger partial charge in [-0.2, -0.15) is 0 Å². The molecule has 0 rings (SSSR count). The highest BCUT2D eigenvalue weighted by atomic mass is 31.2. The van der Waals surface area contributed by atoms with Crippen molar-refractivity contribution >= 4 is 39.5 Å². The lowest BCUT2D eigenvalue weighted by molar-refractivity contribution is -0.161. The van der Waals surface area contributed by atoms with Crippen LogP contribution in [0.1, 0.15) is 285 Å². The zero-order valence-corrected chi connectivity index (χ0v) is 65.0. The maximum absolute atomic E-state index is 13.1. The van der Waals surface area contributed by atoms with Gasteiger partial charge in [0.15, 0.2) is 12.2 Å². The molecule has 102 heavy (non-hydrogen) atoms. The minimum Gasteiger partial charge on any atom is -0.462 e. The lowest BCUT2D eigenvalue weighted by atomic mass is 10.0. The summed E-state index contributed by atoms with van der Waals surface area (Å²) in [5.74, 6) is -2.40. The molecule has 0 aromatic carbocycles. The number of unbranched alkanes of at least 4 members (excludes halogenated alkanes) is 20. The van der Waals surface area contributed by atoms with Crippen molar-refractivity contribution in [1.82, 2.24) is 0 Å². The molecule has 0 aromatic heterocycles. The Morgan fingerprint density at radius 3 is 0.892 bits per heavy atom. The van der Waals surface area contributed by atoms with Gasteiger partial charge in [0, 0.05) is 19.3 Å². The number of ether oxygens (including phenoxy) is 4. The summed E-state index contributed by atoms with van der Waals surface area (Å²) in [5, 5.41) is 10.6. The van der Waals surface area contributed by atoms with E-state index in [1.807, 2.05) is 12.2 Å². The topological polar surface area (TPSA) is 237 Å². The van der Waals surface area contributed by atoms with E-state index in [-0.39, 0.29) is 25.7 Å². The second-order valence-electron chi connectivity index (χ2n) is 25.2. The number of aliphatic hydroxyl groups excluding tert-OH is 1. The fourth-order valence-corrected chi connectivity index (χ4v) is 11.3. The van der Waals surface area contributed by atoms with Crippen LogP contribution in [0.4, 0.5) is 0 Å². The van der Waals surface area contributed by atoms with E-state index in [4.69, 9.17) is 37.0 Å². The number of hydrogen-bond acceptors (Lipinski definition) is 15. The standard InChI is InChI=1S/C83H136O17P2/c1-5-9-13-17-21-25-29-33-37-38-42-44-48-52-56-60-64-68-81(86)94-74-79(100-83(88)70-66-62-58-54-50-46-41-36-32-28-24-20-16-12-8-4)76-98-102(91,92)96-72-77(84)71-95-101(89,90)97-75-78(99-82(87)69-65-61-57-53-49-45-40-35-31-27-23-19-15-11-7-3)73-93-80(85)67-63-59-55-51-47-43-39-34-30-26-22-18-14-10-6-2/h9-10,12-14,16,21-22,24-26,28,33-34,36-37,39,41-42,44,47,50-51,54,62,66,77-79,84H,5-8,11,15,17-20,23,27,29-32,35,38,40,43,45-46,48-49,52-53,55-61,63-65,67-76H2,1-4H3,(H,89,90)(H,91,92)/b13-9-,14-10-,16-12-,25-21-,26-22-,28-24-,37-33-,39-34-,41-36-,44-42-,51-47-,54-50-,66-62-. The number of rotatable bonds is 71. The Labute approximate surface area is 617 Å². The van der Waals surface area contributed by atoms with Crippen molar-refractivity contribution in [3.8, 4) is 0 Å². The average Bonchev–Trinajstić information content (AvgIpc) is 0.919. The van der Waals surface area contributed by atoms with Crippen molar-refractivity contribution in [1.29, 1.82) is 0 Å². The molecular weight excluding hydrogens is 1330 g/mol. The predicted molar refractivity (Wildman–Crippen MR) is 417 cm³/mol. The molecule has 3 N–H and O–H groups in total.